The number of benzene rings is 1. The Labute approximate surface area is 115 Å². The van der Waals surface area contributed by atoms with E-state index in [1.807, 2.05) is 12.1 Å². The molecule has 0 amide bonds. The van der Waals surface area contributed by atoms with Crippen molar-refractivity contribution in [3.05, 3.63) is 29.8 Å². The fourth-order valence-electron chi connectivity index (χ4n) is 2.57. The fourth-order valence-corrected chi connectivity index (χ4v) is 2.57. The molecule has 1 aromatic rings. The molecule has 1 aliphatic rings. The van der Waals surface area contributed by atoms with E-state index in [4.69, 9.17) is 15.3 Å². The molecule has 19 heavy (non-hydrogen) atoms. The molecule has 0 aromatic heterocycles. The predicted molar refractivity (Wildman–Crippen MR) is 75.9 cm³/mol. The van der Waals surface area contributed by atoms with Gasteiger partial charge in [-0.2, -0.15) is 0 Å². The Kier molecular flexibility index (Phi) is 5.63. The lowest BCUT2D eigenvalue weighted by atomic mass is 9.97. The second kappa shape index (κ2) is 7.48. The van der Waals surface area contributed by atoms with E-state index in [2.05, 4.69) is 17.6 Å². The lowest BCUT2D eigenvalue weighted by Crippen LogP contribution is -2.29. The molecule has 0 bridgehead atoms. The molecular weight excluding hydrogens is 240 g/mol. The maximum Gasteiger partial charge on any atom is 0.118 e. The Morgan fingerprint density at radius 1 is 1.37 bits per heavy atom. The molecule has 0 spiro atoms. The first-order valence-electron chi connectivity index (χ1n) is 7.05. The second-order valence-corrected chi connectivity index (χ2v) is 5.06. The van der Waals surface area contributed by atoms with E-state index in [1.54, 1.807) is 7.11 Å². The summed E-state index contributed by atoms with van der Waals surface area (Å²) in [5, 5.41) is 0. The number of ether oxygens (including phenoxy) is 2. The molecule has 2 atom stereocenters. The SMILES string of the molecule is COc1ccc(C(CCC2CCCCO2)NN)cc1. The van der Waals surface area contributed by atoms with E-state index in [1.165, 1.54) is 24.8 Å². The van der Waals surface area contributed by atoms with Crippen molar-refractivity contribution in [2.75, 3.05) is 13.7 Å². The lowest BCUT2D eigenvalue weighted by Gasteiger charge is -2.25. The maximum absolute atomic E-state index is 5.76. The highest BCUT2D eigenvalue weighted by Gasteiger charge is 2.17. The number of rotatable bonds is 6. The maximum atomic E-state index is 5.76. The van der Waals surface area contributed by atoms with Gasteiger partial charge in [-0.3, -0.25) is 11.3 Å². The van der Waals surface area contributed by atoms with Crippen LogP contribution in [0.1, 0.15) is 43.7 Å². The zero-order valence-corrected chi connectivity index (χ0v) is 11.6. The molecule has 106 valence electrons. The van der Waals surface area contributed by atoms with E-state index in [9.17, 15) is 0 Å². The van der Waals surface area contributed by atoms with E-state index in [-0.39, 0.29) is 6.04 Å². The Morgan fingerprint density at radius 3 is 2.74 bits per heavy atom. The number of hydrogen-bond acceptors (Lipinski definition) is 4. The average molecular weight is 264 g/mol. The van der Waals surface area contributed by atoms with Gasteiger partial charge in [-0.05, 0) is 49.8 Å². The minimum Gasteiger partial charge on any atom is -0.497 e. The van der Waals surface area contributed by atoms with E-state index < -0.39 is 0 Å². The third-order valence-corrected chi connectivity index (χ3v) is 3.77. The smallest absolute Gasteiger partial charge is 0.118 e. The van der Waals surface area contributed by atoms with Crippen molar-refractivity contribution in [2.24, 2.45) is 5.84 Å². The summed E-state index contributed by atoms with van der Waals surface area (Å²) in [4.78, 5) is 0. The van der Waals surface area contributed by atoms with Gasteiger partial charge in [0.2, 0.25) is 0 Å². The summed E-state index contributed by atoms with van der Waals surface area (Å²) in [6.07, 6.45) is 6.12. The van der Waals surface area contributed by atoms with Crippen molar-refractivity contribution in [2.45, 2.75) is 44.2 Å². The van der Waals surface area contributed by atoms with Gasteiger partial charge < -0.3 is 9.47 Å². The number of hydrogen-bond donors (Lipinski definition) is 2. The van der Waals surface area contributed by atoms with Crippen molar-refractivity contribution < 1.29 is 9.47 Å². The van der Waals surface area contributed by atoms with Crippen LogP contribution in [-0.4, -0.2) is 19.8 Å². The number of hydrazine groups is 1. The van der Waals surface area contributed by atoms with Crippen molar-refractivity contribution in [3.63, 3.8) is 0 Å². The van der Waals surface area contributed by atoms with Crippen molar-refractivity contribution >= 4 is 0 Å². The zero-order valence-electron chi connectivity index (χ0n) is 11.6. The van der Waals surface area contributed by atoms with Crippen LogP contribution < -0.4 is 16.0 Å². The normalized spacial score (nSPS) is 21.1. The Balaban J connectivity index is 1.87. The third kappa shape index (κ3) is 4.20. The van der Waals surface area contributed by atoms with Gasteiger partial charge in [0.05, 0.1) is 13.2 Å². The summed E-state index contributed by atoms with van der Waals surface area (Å²) in [6.45, 7) is 0.911. The highest BCUT2D eigenvalue weighted by molar-refractivity contribution is 5.29. The molecule has 1 saturated heterocycles. The van der Waals surface area contributed by atoms with Gasteiger partial charge in [0.1, 0.15) is 5.75 Å². The third-order valence-electron chi connectivity index (χ3n) is 3.77. The number of methoxy groups -OCH3 is 1. The first kappa shape index (κ1) is 14.3. The quantitative estimate of drug-likeness (QED) is 0.612. The molecule has 0 aliphatic carbocycles. The zero-order chi connectivity index (χ0) is 13.5. The molecule has 3 N–H and O–H groups in total. The lowest BCUT2D eigenvalue weighted by molar-refractivity contribution is 0.00854. The van der Waals surface area contributed by atoms with Crippen LogP contribution in [0.25, 0.3) is 0 Å². The first-order valence-corrected chi connectivity index (χ1v) is 7.05. The summed E-state index contributed by atoms with van der Waals surface area (Å²) in [6, 6.07) is 8.24. The minimum atomic E-state index is 0.177. The summed E-state index contributed by atoms with van der Waals surface area (Å²) in [5.74, 6) is 6.54. The van der Waals surface area contributed by atoms with Gasteiger partial charge in [0.25, 0.3) is 0 Å². The molecule has 1 heterocycles. The molecule has 2 unspecified atom stereocenters. The topological polar surface area (TPSA) is 56.5 Å². The summed E-state index contributed by atoms with van der Waals surface area (Å²) in [5.41, 5.74) is 4.09. The van der Waals surface area contributed by atoms with Crippen LogP contribution in [-0.2, 0) is 4.74 Å². The highest BCUT2D eigenvalue weighted by atomic mass is 16.5. The van der Waals surface area contributed by atoms with Gasteiger partial charge in [-0.25, -0.2) is 0 Å². The van der Waals surface area contributed by atoms with E-state index in [0.29, 0.717) is 6.10 Å². The number of nitrogens with two attached hydrogens (primary N) is 1. The Bertz CT molecular complexity index is 361. The van der Waals surface area contributed by atoms with Gasteiger partial charge in [0, 0.05) is 12.6 Å². The van der Waals surface area contributed by atoms with Crippen molar-refractivity contribution in [1.29, 1.82) is 0 Å². The van der Waals surface area contributed by atoms with Crippen molar-refractivity contribution in [1.82, 2.24) is 5.43 Å². The van der Waals surface area contributed by atoms with Crippen LogP contribution in [0.15, 0.2) is 24.3 Å². The van der Waals surface area contributed by atoms with Crippen LogP contribution in [0.4, 0.5) is 0 Å². The Morgan fingerprint density at radius 2 is 2.16 bits per heavy atom. The molecule has 0 saturated carbocycles. The van der Waals surface area contributed by atoms with Crippen LogP contribution in [0, 0.1) is 0 Å². The highest BCUT2D eigenvalue weighted by Crippen LogP contribution is 2.24. The minimum absolute atomic E-state index is 0.177. The van der Waals surface area contributed by atoms with E-state index in [0.717, 1.165) is 25.2 Å². The molecule has 4 nitrogen and oxygen atoms in total. The molecule has 0 radical (unpaired) electrons. The summed E-state index contributed by atoms with van der Waals surface area (Å²) < 4.78 is 10.9. The van der Waals surface area contributed by atoms with Gasteiger partial charge in [-0.1, -0.05) is 12.1 Å². The summed E-state index contributed by atoms with van der Waals surface area (Å²) >= 11 is 0. The van der Waals surface area contributed by atoms with Gasteiger partial charge in [-0.15, -0.1) is 0 Å². The largest absolute Gasteiger partial charge is 0.497 e. The molecular formula is C15H24N2O2. The van der Waals surface area contributed by atoms with Gasteiger partial charge in [0.15, 0.2) is 0 Å². The van der Waals surface area contributed by atoms with Crippen LogP contribution in [0.2, 0.25) is 0 Å². The first-order chi connectivity index (χ1) is 9.33. The van der Waals surface area contributed by atoms with Gasteiger partial charge >= 0.3 is 0 Å². The van der Waals surface area contributed by atoms with Crippen LogP contribution in [0.5, 0.6) is 5.75 Å². The van der Waals surface area contributed by atoms with Crippen LogP contribution >= 0.6 is 0 Å². The number of nitrogens with one attached hydrogen (secondary N) is 1. The Hall–Kier alpha value is -1.10. The van der Waals surface area contributed by atoms with Crippen LogP contribution in [0.3, 0.4) is 0 Å². The standard InChI is InChI=1S/C15H24N2O2/c1-18-13-7-5-12(6-8-13)15(17-16)10-9-14-4-2-3-11-19-14/h5-8,14-15,17H,2-4,9-11,16H2,1H3. The molecule has 4 heteroatoms. The van der Waals surface area contributed by atoms with E-state index >= 15 is 0 Å². The molecule has 1 aromatic carbocycles. The fraction of sp³-hybridized carbons (Fsp3) is 0.600. The molecule has 2 rings (SSSR count). The molecule has 1 aliphatic heterocycles. The molecule has 1 fully saturated rings. The van der Waals surface area contributed by atoms with Crippen molar-refractivity contribution in [3.8, 4) is 5.75 Å². The summed E-state index contributed by atoms with van der Waals surface area (Å²) in [7, 11) is 1.67. The predicted octanol–water partition coefficient (Wildman–Crippen LogP) is 2.55. The monoisotopic (exact) mass is 264 g/mol. The average Bonchev–Trinajstić information content (AvgIpc) is 2.49. The second-order valence-electron chi connectivity index (χ2n) is 5.06.